The number of ether oxygens (including phenoxy) is 1. The van der Waals surface area contributed by atoms with Crippen LogP contribution in [0.15, 0.2) is 48.9 Å². The molecule has 0 bridgehead atoms. The number of carbonyl (C=O) groups is 1. The first-order valence-electron chi connectivity index (χ1n) is 7.03. The molecule has 1 aliphatic rings. The summed E-state index contributed by atoms with van der Waals surface area (Å²) < 4.78 is 18.5. The average Bonchev–Trinajstić information content (AvgIpc) is 2.54. The van der Waals surface area contributed by atoms with Crippen LogP contribution >= 0.6 is 0 Å². The Kier molecular flexibility index (Phi) is 3.92. The summed E-state index contributed by atoms with van der Waals surface area (Å²) in [4.78, 5) is 23.4. The van der Waals surface area contributed by atoms with Gasteiger partial charge in [-0.3, -0.25) is 4.90 Å². The second-order valence-electron chi connectivity index (χ2n) is 5.09. The highest BCUT2D eigenvalue weighted by atomic mass is 19.1. The fourth-order valence-corrected chi connectivity index (χ4v) is 2.20. The highest BCUT2D eigenvalue weighted by molar-refractivity contribution is 5.93. The molecule has 3 rings (SSSR count). The van der Waals surface area contributed by atoms with Crippen molar-refractivity contribution in [2.75, 3.05) is 18.5 Å². The molecule has 0 N–H and O–H groups in total. The number of hydrogen-bond acceptors (Lipinski definition) is 4. The molecule has 1 fully saturated rings. The highest BCUT2D eigenvalue weighted by Gasteiger charge is 2.27. The molecule has 118 valence electrons. The van der Waals surface area contributed by atoms with Crippen molar-refractivity contribution in [3.8, 4) is 11.8 Å². The van der Waals surface area contributed by atoms with Crippen LogP contribution in [0.2, 0.25) is 0 Å². The van der Waals surface area contributed by atoms with Crippen LogP contribution in [-0.4, -0.2) is 34.5 Å². The zero-order chi connectivity index (χ0) is 16.4. The van der Waals surface area contributed by atoms with Crippen molar-refractivity contribution in [1.29, 1.82) is 0 Å². The van der Waals surface area contributed by atoms with Gasteiger partial charge in [0.2, 0.25) is 0 Å². The summed E-state index contributed by atoms with van der Waals surface area (Å²) in [7, 11) is 1.68. The third kappa shape index (κ3) is 3.13. The van der Waals surface area contributed by atoms with Gasteiger partial charge in [-0.05, 0) is 12.1 Å². The first-order valence-corrected chi connectivity index (χ1v) is 7.03. The molecule has 0 atom stereocenters. The Morgan fingerprint density at radius 3 is 2.74 bits per heavy atom. The molecular weight excluding hydrogens is 299 g/mol. The molecule has 0 unspecified atom stereocenters. The zero-order valence-electron chi connectivity index (χ0n) is 12.6. The monoisotopic (exact) mass is 314 g/mol. The molecule has 0 spiro atoms. The molecule has 23 heavy (non-hydrogen) atoms. The number of rotatable bonds is 3. The number of hydrogen-bond donors (Lipinski definition) is 0. The summed E-state index contributed by atoms with van der Waals surface area (Å²) in [5.41, 5.74) is 1.35. The fraction of sp³-hybridized carbons (Fsp3) is 0.188. The summed E-state index contributed by atoms with van der Waals surface area (Å²) >= 11 is 0. The van der Waals surface area contributed by atoms with E-state index in [1.54, 1.807) is 18.0 Å². The molecule has 2 heterocycles. The predicted octanol–water partition coefficient (Wildman–Crippen LogP) is 3.18. The molecule has 1 aromatic heterocycles. The Morgan fingerprint density at radius 2 is 2.04 bits per heavy atom. The molecule has 0 aliphatic carbocycles. The van der Waals surface area contributed by atoms with Crippen molar-refractivity contribution in [1.82, 2.24) is 14.9 Å². The molecule has 0 radical (unpaired) electrons. The normalized spacial score (nSPS) is 15.0. The lowest BCUT2D eigenvalue weighted by atomic mass is 10.2. The highest BCUT2D eigenvalue weighted by Crippen LogP contribution is 2.24. The quantitative estimate of drug-likeness (QED) is 0.873. The standard InChI is InChI=1S/C16H15FN4O2/c1-11-6-7-21(16(22)20(11)2)13-9-18-15(19-10-13)23-14-5-3-4-12(17)8-14/h3-5,8-10H,1,6-7H2,2H3. The van der Waals surface area contributed by atoms with Gasteiger partial charge in [-0.15, -0.1) is 0 Å². The van der Waals surface area contributed by atoms with Crippen LogP contribution in [0, 0.1) is 5.82 Å². The van der Waals surface area contributed by atoms with Crippen LogP contribution in [0.3, 0.4) is 0 Å². The van der Waals surface area contributed by atoms with Gasteiger partial charge in [0.1, 0.15) is 11.6 Å². The number of anilines is 1. The molecule has 0 saturated carbocycles. The van der Waals surface area contributed by atoms with E-state index in [0.29, 0.717) is 24.4 Å². The number of halogens is 1. The van der Waals surface area contributed by atoms with Crippen molar-refractivity contribution >= 4 is 11.7 Å². The third-order valence-electron chi connectivity index (χ3n) is 3.55. The number of nitrogens with zero attached hydrogens (tertiary/aromatic N) is 4. The summed E-state index contributed by atoms with van der Waals surface area (Å²) in [6.45, 7) is 4.36. The van der Waals surface area contributed by atoms with E-state index in [-0.39, 0.29) is 12.0 Å². The molecule has 1 aromatic carbocycles. The van der Waals surface area contributed by atoms with Crippen LogP contribution in [0.5, 0.6) is 11.8 Å². The lowest BCUT2D eigenvalue weighted by Crippen LogP contribution is -2.46. The van der Waals surface area contributed by atoms with Gasteiger partial charge < -0.3 is 9.64 Å². The summed E-state index contributed by atoms with van der Waals surface area (Å²) in [5, 5.41) is 0. The number of urea groups is 1. The molecule has 1 saturated heterocycles. The van der Waals surface area contributed by atoms with Gasteiger partial charge in [0.05, 0.1) is 18.1 Å². The SMILES string of the molecule is C=C1CCN(c2cnc(Oc3cccc(F)c3)nc2)C(=O)N1C. The van der Waals surface area contributed by atoms with Gasteiger partial charge in [0.25, 0.3) is 0 Å². The zero-order valence-corrected chi connectivity index (χ0v) is 12.6. The predicted molar refractivity (Wildman–Crippen MR) is 82.8 cm³/mol. The van der Waals surface area contributed by atoms with Crippen LogP contribution in [0.4, 0.5) is 14.9 Å². The van der Waals surface area contributed by atoms with Gasteiger partial charge in [-0.1, -0.05) is 12.6 Å². The second kappa shape index (κ2) is 6.04. The van der Waals surface area contributed by atoms with Crippen LogP contribution in [0.1, 0.15) is 6.42 Å². The van der Waals surface area contributed by atoms with Gasteiger partial charge >= 0.3 is 12.0 Å². The maximum Gasteiger partial charge on any atom is 0.328 e. The van der Waals surface area contributed by atoms with Gasteiger partial charge in [0.15, 0.2) is 0 Å². The molecule has 2 amide bonds. The second-order valence-corrected chi connectivity index (χ2v) is 5.09. The van der Waals surface area contributed by atoms with Gasteiger partial charge in [0, 0.05) is 31.8 Å². The van der Waals surface area contributed by atoms with E-state index in [9.17, 15) is 9.18 Å². The van der Waals surface area contributed by atoms with E-state index in [4.69, 9.17) is 4.74 Å². The van der Waals surface area contributed by atoms with Gasteiger partial charge in [-0.2, -0.15) is 0 Å². The maximum absolute atomic E-state index is 13.1. The van der Waals surface area contributed by atoms with E-state index in [2.05, 4.69) is 16.5 Å². The minimum Gasteiger partial charge on any atom is -0.424 e. The maximum atomic E-state index is 13.1. The topological polar surface area (TPSA) is 58.6 Å². The Morgan fingerprint density at radius 1 is 1.30 bits per heavy atom. The lowest BCUT2D eigenvalue weighted by molar-refractivity contribution is 0.219. The summed E-state index contributed by atoms with van der Waals surface area (Å²) in [6.07, 6.45) is 3.69. The van der Waals surface area contributed by atoms with Crippen LogP contribution < -0.4 is 9.64 Å². The minimum atomic E-state index is -0.402. The largest absolute Gasteiger partial charge is 0.424 e. The van der Waals surface area contributed by atoms with Gasteiger partial charge in [-0.25, -0.2) is 19.2 Å². The Hall–Kier alpha value is -2.96. The molecular formula is C16H15FN4O2. The Balaban J connectivity index is 1.74. The van der Waals surface area contributed by atoms with E-state index >= 15 is 0 Å². The van der Waals surface area contributed by atoms with Crippen molar-refractivity contribution < 1.29 is 13.9 Å². The fourth-order valence-electron chi connectivity index (χ4n) is 2.20. The van der Waals surface area contributed by atoms with Crippen LogP contribution in [0.25, 0.3) is 0 Å². The molecule has 1 aliphatic heterocycles. The summed E-state index contributed by atoms with van der Waals surface area (Å²) in [5.74, 6) is -0.0934. The van der Waals surface area contributed by atoms with Crippen molar-refractivity contribution in [3.05, 3.63) is 54.8 Å². The number of amides is 2. The van der Waals surface area contributed by atoms with E-state index < -0.39 is 5.82 Å². The third-order valence-corrected chi connectivity index (χ3v) is 3.55. The van der Waals surface area contributed by atoms with Crippen molar-refractivity contribution in [2.45, 2.75) is 6.42 Å². The first-order chi connectivity index (χ1) is 11.0. The lowest BCUT2D eigenvalue weighted by Gasteiger charge is -2.34. The molecule has 6 nitrogen and oxygen atoms in total. The first kappa shape index (κ1) is 15.0. The van der Waals surface area contributed by atoms with E-state index in [1.807, 2.05) is 0 Å². The number of benzene rings is 1. The Labute approximate surface area is 132 Å². The number of aromatic nitrogens is 2. The molecule has 7 heteroatoms. The average molecular weight is 314 g/mol. The van der Waals surface area contributed by atoms with E-state index in [1.165, 1.54) is 35.5 Å². The van der Waals surface area contributed by atoms with Crippen molar-refractivity contribution in [3.63, 3.8) is 0 Å². The smallest absolute Gasteiger partial charge is 0.328 e. The molecule has 2 aromatic rings. The van der Waals surface area contributed by atoms with Crippen molar-refractivity contribution in [2.24, 2.45) is 0 Å². The number of carbonyl (C=O) groups excluding carboxylic acids is 1. The van der Waals surface area contributed by atoms with Crippen LogP contribution in [-0.2, 0) is 0 Å². The Bertz CT molecular complexity index is 748. The van der Waals surface area contributed by atoms with E-state index in [0.717, 1.165) is 5.70 Å². The summed E-state index contributed by atoms with van der Waals surface area (Å²) in [6, 6.07) is 5.61. The minimum absolute atomic E-state index is 0.0848.